The highest BCUT2D eigenvalue weighted by atomic mass is 35.5. The number of hydrogen-bond acceptors (Lipinski definition) is 2. The van der Waals surface area contributed by atoms with E-state index < -0.39 is 0 Å². The smallest absolute Gasteiger partial charge is 0.252 e. The van der Waals surface area contributed by atoms with Gasteiger partial charge in [-0.15, -0.1) is 0 Å². The molecule has 1 aromatic heterocycles. The zero-order valence-electron chi connectivity index (χ0n) is 7.60. The lowest BCUT2D eigenvalue weighted by molar-refractivity contribution is 0.0962. The molecule has 0 aromatic carbocycles. The predicted molar refractivity (Wildman–Crippen MR) is 52.0 cm³/mol. The van der Waals surface area contributed by atoms with Gasteiger partial charge in [0.15, 0.2) is 0 Å². The zero-order chi connectivity index (χ0) is 9.84. The fourth-order valence-corrected chi connectivity index (χ4v) is 1.28. The molecular weight excluding hydrogens is 188 g/mol. The van der Waals surface area contributed by atoms with Crippen molar-refractivity contribution in [1.82, 2.24) is 10.3 Å². The Morgan fingerprint density at radius 3 is 2.92 bits per heavy atom. The van der Waals surface area contributed by atoms with Crippen LogP contribution in [0.4, 0.5) is 0 Å². The molecule has 4 heteroatoms. The number of nitrogens with zero attached hydrogens (tertiary/aromatic N) is 1. The van der Waals surface area contributed by atoms with E-state index in [-0.39, 0.29) is 5.91 Å². The fourth-order valence-electron chi connectivity index (χ4n) is 1.10. The quantitative estimate of drug-likeness (QED) is 0.735. The van der Waals surface area contributed by atoms with Crippen molar-refractivity contribution in [2.24, 2.45) is 0 Å². The lowest BCUT2D eigenvalue weighted by Crippen LogP contribution is -2.19. The minimum absolute atomic E-state index is 0.124. The Morgan fingerprint density at radius 2 is 2.38 bits per heavy atom. The lowest BCUT2D eigenvalue weighted by atomic mass is 10.1. The van der Waals surface area contributed by atoms with Crippen LogP contribution in [0, 0.1) is 0 Å². The molecule has 0 spiro atoms. The van der Waals surface area contributed by atoms with Crippen LogP contribution >= 0.6 is 11.6 Å². The zero-order valence-corrected chi connectivity index (χ0v) is 8.35. The summed E-state index contributed by atoms with van der Waals surface area (Å²) in [5.41, 5.74) is 1.51. The summed E-state index contributed by atoms with van der Waals surface area (Å²) in [5.74, 6) is -0.124. The van der Waals surface area contributed by atoms with Gasteiger partial charge in [0.05, 0.1) is 5.56 Å². The summed E-state index contributed by atoms with van der Waals surface area (Å²) in [6.07, 6.45) is 2.27. The van der Waals surface area contributed by atoms with Crippen LogP contribution in [-0.4, -0.2) is 17.9 Å². The molecule has 0 saturated carbocycles. The van der Waals surface area contributed by atoms with E-state index in [2.05, 4.69) is 10.3 Å². The Balaban J connectivity index is 3.13. The third-order valence-electron chi connectivity index (χ3n) is 1.81. The number of aryl methyl sites for hydroxylation is 1. The summed E-state index contributed by atoms with van der Waals surface area (Å²) in [4.78, 5) is 15.2. The second-order valence-electron chi connectivity index (χ2n) is 2.60. The molecule has 1 N–H and O–H groups in total. The summed E-state index contributed by atoms with van der Waals surface area (Å²) in [7, 11) is 1.59. The summed E-state index contributed by atoms with van der Waals surface area (Å²) >= 11 is 5.70. The highest BCUT2D eigenvalue weighted by molar-refractivity contribution is 6.29. The molecule has 0 aliphatic heterocycles. The average molecular weight is 199 g/mol. The highest BCUT2D eigenvalue weighted by Crippen LogP contribution is 2.13. The largest absolute Gasteiger partial charge is 0.355 e. The van der Waals surface area contributed by atoms with Gasteiger partial charge >= 0.3 is 0 Å². The van der Waals surface area contributed by atoms with E-state index in [4.69, 9.17) is 11.6 Å². The molecule has 13 heavy (non-hydrogen) atoms. The number of pyridine rings is 1. The van der Waals surface area contributed by atoms with Crippen molar-refractivity contribution in [3.63, 3.8) is 0 Å². The topological polar surface area (TPSA) is 42.0 Å². The van der Waals surface area contributed by atoms with Gasteiger partial charge in [0, 0.05) is 13.2 Å². The summed E-state index contributed by atoms with van der Waals surface area (Å²) < 4.78 is 0. The Morgan fingerprint density at radius 1 is 1.69 bits per heavy atom. The summed E-state index contributed by atoms with van der Waals surface area (Å²) in [6, 6.07) is 1.71. The first-order valence-electron chi connectivity index (χ1n) is 4.05. The van der Waals surface area contributed by atoms with Crippen LogP contribution in [0.25, 0.3) is 0 Å². The Bertz CT molecular complexity index is 325. The lowest BCUT2D eigenvalue weighted by Gasteiger charge is -2.05. The van der Waals surface area contributed by atoms with Crippen LogP contribution in [0.5, 0.6) is 0 Å². The molecule has 0 aliphatic rings. The van der Waals surface area contributed by atoms with Crippen LogP contribution < -0.4 is 5.32 Å². The van der Waals surface area contributed by atoms with E-state index in [0.717, 1.165) is 12.0 Å². The monoisotopic (exact) mass is 198 g/mol. The van der Waals surface area contributed by atoms with Crippen LogP contribution in [0.1, 0.15) is 22.8 Å². The van der Waals surface area contributed by atoms with Crippen LogP contribution in [-0.2, 0) is 6.42 Å². The molecule has 1 heterocycles. The normalized spacial score (nSPS) is 9.77. The highest BCUT2D eigenvalue weighted by Gasteiger charge is 2.09. The standard InChI is InChI=1S/C9H11ClN2O/c1-3-6-4-8(10)12-5-7(6)9(13)11-2/h4-5H,3H2,1-2H3,(H,11,13). The third kappa shape index (κ3) is 2.18. The molecule has 0 bridgehead atoms. The molecule has 1 amide bonds. The van der Waals surface area contributed by atoms with Crippen LogP contribution in [0.2, 0.25) is 5.15 Å². The van der Waals surface area contributed by atoms with Crippen molar-refractivity contribution in [2.45, 2.75) is 13.3 Å². The second-order valence-corrected chi connectivity index (χ2v) is 2.98. The number of amides is 1. The van der Waals surface area contributed by atoms with E-state index >= 15 is 0 Å². The molecule has 0 saturated heterocycles. The van der Waals surface area contributed by atoms with Crippen molar-refractivity contribution >= 4 is 17.5 Å². The molecule has 0 radical (unpaired) electrons. The van der Waals surface area contributed by atoms with Gasteiger partial charge in [0.2, 0.25) is 0 Å². The minimum atomic E-state index is -0.124. The number of aromatic nitrogens is 1. The SMILES string of the molecule is CCc1cc(Cl)ncc1C(=O)NC. The molecule has 0 fully saturated rings. The van der Waals surface area contributed by atoms with E-state index in [1.54, 1.807) is 13.1 Å². The first kappa shape index (κ1) is 9.99. The van der Waals surface area contributed by atoms with Crippen molar-refractivity contribution in [2.75, 3.05) is 7.05 Å². The molecule has 70 valence electrons. The van der Waals surface area contributed by atoms with E-state index in [1.165, 1.54) is 6.20 Å². The maximum atomic E-state index is 11.3. The van der Waals surface area contributed by atoms with Crippen molar-refractivity contribution in [3.05, 3.63) is 28.5 Å². The second kappa shape index (κ2) is 4.23. The Hall–Kier alpha value is -1.09. The number of halogens is 1. The van der Waals surface area contributed by atoms with Gasteiger partial charge < -0.3 is 5.32 Å². The van der Waals surface area contributed by atoms with Gasteiger partial charge in [-0.3, -0.25) is 4.79 Å². The number of carbonyl (C=O) groups excluding carboxylic acids is 1. The van der Waals surface area contributed by atoms with E-state index in [0.29, 0.717) is 10.7 Å². The molecule has 3 nitrogen and oxygen atoms in total. The molecule has 0 unspecified atom stereocenters. The van der Waals surface area contributed by atoms with E-state index in [1.807, 2.05) is 6.92 Å². The fraction of sp³-hybridized carbons (Fsp3) is 0.333. The minimum Gasteiger partial charge on any atom is -0.355 e. The number of carbonyl (C=O) groups is 1. The average Bonchev–Trinajstić information content (AvgIpc) is 2.16. The van der Waals surface area contributed by atoms with Gasteiger partial charge in [-0.25, -0.2) is 4.98 Å². The molecule has 0 atom stereocenters. The first-order valence-corrected chi connectivity index (χ1v) is 4.43. The van der Waals surface area contributed by atoms with Gasteiger partial charge in [-0.1, -0.05) is 18.5 Å². The van der Waals surface area contributed by atoms with Gasteiger partial charge in [-0.05, 0) is 18.1 Å². The van der Waals surface area contributed by atoms with Crippen molar-refractivity contribution < 1.29 is 4.79 Å². The maximum absolute atomic E-state index is 11.3. The maximum Gasteiger partial charge on any atom is 0.252 e. The molecule has 0 aliphatic carbocycles. The molecular formula is C9H11ClN2O. The number of hydrogen-bond donors (Lipinski definition) is 1. The van der Waals surface area contributed by atoms with Crippen molar-refractivity contribution in [1.29, 1.82) is 0 Å². The summed E-state index contributed by atoms with van der Waals surface area (Å²) in [6.45, 7) is 1.97. The molecule has 1 aromatic rings. The Labute approximate surface area is 82.1 Å². The van der Waals surface area contributed by atoms with Crippen molar-refractivity contribution in [3.8, 4) is 0 Å². The first-order chi connectivity index (χ1) is 6.19. The van der Waals surface area contributed by atoms with Gasteiger partial charge in [0.1, 0.15) is 5.15 Å². The van der Waals surface area contributed by atoms with Crippen LogP contribution in [0.3, 0.4) is 0 Å². The van der Waals surface area contributed by atoms with Gasteiger partial charge in [0.25, 0.3) is 5.91 Å². The van der Waals surface area contributed by atoms with Gasteiger partial charge in [-0.2, -0.15) is 0 Å². The van der Waals surface area contributed by atoms with E-state index in [9.17, 15) is 4.79 Å². The molecule has 1 rings (SSSR count). The van der Waals surface area contributed by atoms with Crippen LogP contribution in [0.15, 0.2) is 12.3 Å². The summed E-state index contributed by atoms with van der Waals surface area (Å²) in [5, 5.41) is 2.97. The number of nitrogens with one attached hydrogen (secondary N) is 1. The predicted octanol–water partition coefficient (Wildman–Crippen LogP) is 1.66. The Kier molecular flexibility index (Phi) is 3.25. The third-order valence-corrected chi connectivity index (χ3v) is 2.02. The number of rotatable bonds is 2.